The zero-order valence-electron chi connectivity index (χ0n) is 12.9. The van der Waals surface area contributed by atoms with Crippen LogP contribution >= 0.6 is 0 Å². The van der Waals surface area contributed by atoms with Crippen molar-refractivity contribution in [3.63, 3.8) is 0 Å². The van der Waals surface area contributed by atoms with E-state index in [1.807, 2.05) is 12.1 Å². The van der Waals surface area contributed by atoms with E-state index >= 15 is 0 Å². The van der Waals surface area contributed by atoms with Crippen molar-refractivity contribution in [2.75, 3.05) is 0 Å². The highest BCUT2D eigenvalue weighted by Gasteiger charge is 2.18. The maximum absolute atomic E-state index is 13.5. The predicted octanol–water partition coefficient (Wildman–Crippen LogP) is 4.71. The number of hydrogen-bond acceptors (Lipinski definition) is 3. The van der Waals surface area contributed by atoms with E-state index in [0.717, 1.165) is 25.0 Å². The highest BCUT2D eigenvalue weighted by Crippen LogP contribution is 2.34. The first-order valence-corrected chi connectivity index (χ1v) is 7.80. The number of benzene rings is 2. The number of hydrogen-bond donors (Lipinski definition) is 0. The molecule has 0 radical (unpaired) electrons. The second kappa shape index (κ2) is 6.79. The molecule has 0 atom stereocenters. The predicted molar refractivity (Wildman–Crippen MR) is 83.7 cm³/mol. The molecule has 1 aliphatic rings. The minimum atomic E-state index is -1.06. The first-order chi connectivity index (χ1) is 11.6. The van der Waals surface area contributed by atoms with Crippen molar-refractivity contribution in [2.24, 2.45) is 0 Å². The number of rotatable bonds is 3. The maximum Gasteiger partial charge on any atom is 0.343 e. The van der Waals surface area contributed by atoms with E-state index in [4.69, 9.17) is 10.00 Å². The Morgan fingerprint density at radius 2 is 1.67 bits per heavy atom. The van der Waals surface area contributed by atoms with Gasteiger partial charge < -0.3 is 4.74 Å². The van der Waals surface area contributed by atoms with E-state index in [1.54, 1.807) is 12.1 Å². The van der Waals surface area contributed by atoms with Gasteiger partial charge in [0, 0.05) is 12.1 Å². The number of carbonyl (C=O) groups excluding carboxylic acids is 1. The van der Waals surface area contributed by atoms with Crippen LogP contribution in [0.1, 0.15) is 53.1 Å². The minimum Gasteiger partial charge on any atom is -0.423 e. The monoisotopic (exact) mass is 327 g/mol. The summed E-state index contributed by atoms with van der Waals surface area (Å²) in [6.45, 7) is 0. The molecule has 0 bridgehead atoms. The molecule has 2 aromatic rings. The normalized spacial score (nSPS) is 14.4. The number of halogens is 2. The lowest BCUT2D eigenvalue weighted by molar-refractivity contribution is 0.0734. The van der Waals surface area contributed by atoms with Gasteiger partial charge >= 0.3 is 5.97 Å². The van der Waals surface area contributed by atoms with Gasteiger partial charge in [-0.1, -0.05) is 25.0 Å². The molecule has 1 aliphatic carbocycles. The molecule has 0 N–H and O–H groups in total. The molecular weight excluding hydrogens is 312 g/mol. The van der Waals surface area contributed by atoms with Crippen molar-refractivity contribution in [2.45, 2.75) is 31.6 Å². The van der Waals surface area contributed by atoms with Crippen molar-refractivity contribution in [1.82, 2.24) is 0 Å². The Balaban J connectivity index is 1.74. The third-order valence-electron chi connectivity index (χ3n) is 4.31. The van der Waals surface area contributed by atoms with E-state index in [0.29, 0.717) is 11.5 Å². The molecule has 24 heavy (non-hydrogen) atoms. The first-order valence-electron chi connectivity index (χ1n) is 7.80. The van der Waals surface area contributed by atoms with Gasteiger partial charge in [-0.3, -0.25) is 0 Å². The second-order valence-electron chi connectivity index (χ2n) is 5.87. The average molecular weight is 327 g/mol. The van der Waals surface area contributed by atoms with Crippen LogP contribution in [-0.4, -0.2) is 5.97 Å². The standard InChI is InChI=1S/C19H15F2NO2/c20-17-9-15(10-18(21)16(17)11-22)24-19(23)14-7-5-13(6-8-14)12-3-1-2-4-12/h5-10,12H,1-4H2. The lowest BCUT2D eigenvalue weighted by Crippen LogP contribution is -2.09. The summed E-state index contributed by atoms with van der Waals surface area (Å²) in [4.78, 5) is 12.1. The fraction of sp³-hybridized carbons (Fsp3) is 0.263. The molecule has 3 nitrogen and oxygen atoms in total. The Kier molecular flexibility index (Phi) is 4.57. The summed E-state index contributed by atoms with van der Waals surface area (Å²) in [7, 11) is 0. The van der Waals surface area contributed by atoms with Crippen LogP contribution in [0.15, 0.2) is 36.4 Å². The smallest absolute Gasteiger partial charge is 0.343 e. The van der Waals surface area contributed by atoms with Crippen molar-refractivity contribution < 1.29 is 18.3 Å². The van der Waals surface area contributed by atoms with E-state index < -0.39 is 23.2 Å². The lowest BCUT2D eigenvalue weighted by atomic mass is 9.97. The van der Waals surface area contributed by atoms with Crippen molar-refractivity contribution >= 4 is 5.97 Å². The highest BCUT2D eigenvalue weighted by atomic mass is 19.1. The molecule has 5 heteroatoms. The fourth-order valence-corrected chi connectivity index (χ4v) is 3.03. The SMILES string of the molecule is N#Cc1c(F)cc(OC(=O)c2ccc(C3CCCC3)cc2)cc1F. The average Bonchev–Trinajstić information content (AvgIpc) is 3.09. The number of nitrogens with zero attached hydrogens (tertiary/aromatic N) is 1. The molecule has 3 rings (SSSR count). The molecule has 0 spiro atoms. The molecule has 2 aromatic carbocycles. The number of esters is 1. The summed E-state index contributed by atoms with van der Waals surface area (Å²) in [6, 6.07) is 10.2. The molecule has 0 saturated heterocycles. The molecule has 0 heterocycles. The van der Waals surface area contributed by atoms with E-state index in [-0.39, 0.29) is 5.75 Å². The summed E-state index contributed by atoms with van der Waals surface area (Å²) in [6.07, 6.45) is 4.77. The molecular formula is C19H15F2NO2. The largest absolute Gasteiger partial charge is 0.423 e. The van der Waals surface area contributed by atoms with Crippen molar-refractivity contribution in [1.29, 1.82) is 5.26 Å². The summed E-state index contributed by atoms with van der Waals surface area (Å²) in [5.41, 5.74) is 0.803. The quantitative estimate of drug-likeness (QED) is 0.606. The topological polar surface area (TPSA) is 50.1 Å². The van der Waals surface area contributed by atoms with Gasteiger partial charge in [0.25, 0.3) is 0 Å². The zero-order chi connectivity index (χ0) is 17.1. The Morgan fingerprint density at radius 3 is 2.21 bits per heavy atom. The first kappa shape index (κ1) is 16.1. The van der Waals surface area contributed by atoms with Gasteiger partial charge in [-0.15, -0.1) is 0 Å². The maximum atomic E-state index is 13.5. The Labute approximate surface area is 138 Å². The van der Waals surface area contributed by atoms with E-state index in [9.17, 15) is 13.6 Å². The summed E-state index contributed by atoms with van der Waals surface area (Å²) >= 11 is 0. The summed E-state index contributed by atoms with van der Waals surface area (Å²) in [5.74, 6) is -2.55. The van der Waals surface area contributed by atoms with E-state index in [2.05, 4.69) is 0 Å². The number of carbonyl (C=O) groups is 1. The Bertz CT molecular complexity index is 780. The molecule has 0 aliphatic heterocycles. The van der Waals surface area contributed by atoms with Crippen LogP contribution < -0.4 is 4.74 Å². The highest BCUT2D eigenvalue weighted by molar-refractivity contribution is 5.91. The van der Waals surface area contributed by atoms with Crippen LogP contribution in [-0.2, 0) is 0 Å². The molecule has 0 unspecified atom stereocenters. The summed E-state index contributed by atoms with van der Waals surface area (Å²) < 4.78 is 32.1. The van der Waals surface area contributed by atoms with Gasteiger partial charge in [0.05, 0.1) is 5.56 Å². The molecule has 1 saturated carbocycles. The van der Waals surface area contributed by atoms with Crippen LogP contribution in [0.4, 0.5) is 8.78 Å². The van der Waals surface area contributed by atoms with Crippen LogP contribution in [0.25, 0.3) is 0 Å². The van der Waals surface area contributed by atoms with Gasteiger partial charge in [0.15, 0.2) is 0 Å². The Morgan fingerprint density at radius 1 is 1.08 bits per heavy atom. The van der Waals surface area contributed by atoms with Crippen LogP contribution in [0.2, 0.25) is 0 Å². The zero-order valence-corrected chi connectivity index (χ0v) is 12.9. The molecule has 0 amide bonds. The molecule has 0 aromatic heterocycles. The van der Waals surface area contributed by atoms with Gasteiger partial charge in [-0.25, -0.2) is 13.6 Å². The van der Waals surface area contributed by atoms with Gasteiger partial charge in [-0.2, -0.15) is 5.26 Å². The van der Waals surface area contributed by atoms with Crippen LogP contribution in [0.3, 0.4) is 0 Å². The van der Waals surface area contributed by atoms with Gasteiger partial charge in [0.2, 0.25) is 0 Å². The molecule has 1 fully saturated rings. The second-order valence-corrected chi connectivity index (χ2v) is 5.87. The fourth-order valence-electron chi connectivity index (χ4n) is 3.03. The number of nitriles is 1. The van der Waals surface area contributed by atoms with Gasteiger partial charge in [-0.05, 0) is 36.5 Å². The van der Waals surface area contributed by atoms with Crippen molar-refractivity contribution in [3.8, 4) is 11.8 Å². The summed E-state index contributed by atoms with van der Waals surface area (Å²) in [5, 5.41) is 8.63. The lowest BCUT2D eigenvalue weighted by Gasteiger charge is -2.10. The minimum absolute atomic E-state index is 0.270. The van der Waals surface area contributed by atoms with Crippen LogP contribution in [0, 0.1) is 23.0 Å². The van der Waals surface area contributed by atoms with Crippen LogP contribution in [0.5, 0.6) is 5.75 Å². The van der Waals surface area contributed by atoms with Gasteiger partial charge in [0.1, 0.15) is 29.0 Å². The Hall–Kier alpha value is -2.74. The molecule has 122 valence electrons. The van der Waals surface area contributed by atoms with E-state index in [1.165, 1.54) is 24.5 Å². The van der Waals surface area contributed by atoms with Crippen molar-refractivity contribution in [3.05, 3.63) is 64.7 Å². The number of ether oxygens (including phenoxy) is 1. The third kappa shape index (κ3) is 3.28. The third-order valence-corrected chi connectivity index (χ3v) is 4.31.